The van der Waals surface area contributed by atoms with Crippen molar-refractivity contribution in [3.8, 4) is 0 Å². The van der Waals surface area contributed by atoms with Crippen molar-refractivity contribution >= 4 is 5.91 Å². The van der Waals surface area contributed by atoms with Crippen LogP contribution in [-0.2, 0) is 9.53 Å². The fourth-order valence-corrected chi connectivity index (χ4v) is 3.38. The molecule has 2 aliphatic rings. The summed E-state index contributed by atoms with van der Waals surface area (Å²) in [4.78, 5) is 11.7. The summed E-state index contributed by atoms with van der Waals surface area (Å²) < 4.78 is 4.95. The maximum atomic E-state index is 11.7. The van der Waals surface area contributed by atoms with Crippen molar-refractivity contribution in [3.05, 3.63) is 0 Å². The van der Waals surface area contributed by atoms with Gasteiger partial charge in [0.2, 0.25) is 5.91 Å². The average molecular weight is 225 g/mol. The van der Waals surface area contributed by atoms with E-state index < -0.39 is 0 Å². The molecule has 92 valence electrons. The molecule has 2 aliphatic carbocycles. The van der Waals surface area contributed by atoms with E-state index in [1.165, 1.54) is 25.7 Å². The van der Waals surface area contributed by atoms with Crippen molar-refractivity contribution in [1.82, 2.24) is 5.32 Å². The highest BCUT2D eigenvalue weighted by molar-refractivity contribution is 5.76. The smallest absolute Gasteiger partial charge is 0.220 e. The van der Waals surface area contributed by atoms with Crippen LogP contribution in [0.2, 0.25) is 0 Å². The lowest BCUT2D eigenvalue weighted by Gasteiger charge is -2.20. The molecule has 0 aromatic rings. The first-order chi connectivity index (χ1) is 7.79. The predicted molar refractivity (Wildman–Crippen MR) is 63.1 cm³/mol. The van der Waals surface area contributed by atoms with E-state index in [1.807, 2.05) is 0 Å². The van der Waals surface area contributed by atoms with Gasteiger partial charge in [0, 0.05) is 26.7 Å². The Bertz CT molecular complexity index is 242. The van der Waals surface area contributed by atoms with Crippen molar-refractivity contribution in [1.29, 1.82) is 0 Å². The monoisotopic (exact) mass is 225 g/mol. The molecule has 2 saturated carbocycles. The van der Waals surface area contributed by atoms with Crippen molar-refractivity contribution in [2.45, 2.75) is 38.5 Å². The van der Waals surface area contributed by atoms with Gasteiger partial charge in [0.15, 0.2) is 0 Å². The first-order valence-electron chi connectivity index (χ1n) is 6.55. The molecule has 0 radical (unpaired) electrons. The number of methoxy groups -OCH3 is 1. The highest BCUT2D eigenvalue weighted by Gasteiger charge is 2.39. The summed E-state index contributed by atoms with van der Waals surface area (Å²) in [6, 6.07) is 0. The van der Waals surface area contributed by atoms with E-state index in [2.05, 4.69) is 5.32 Å². The molecule has 0 aromatic heterocycles. The minimum Gasteiger partial charge on any atom is -0.385 e. The zero-order chi connectivity index (χ0) is 11.4. The highest BCUT2D eigenvalue weighted by Crippen LogP contribution is 2.49. The van der Waals surface area contributed by atoms with Crippen LogP contribution in [0.15, 0.2) is 0 Å². The number of nitrogens with one attached hydrogen (secondary N) is 1. The first-order valence-corrected chi connectivity index (χ1v) is 6.55. The number of amides is 1. The number of ether oxygens (including phenoxy) is 1. The van der Waals surface area contributed by atoms with Crippen molar-refractivity contribution < 1.29 is 9.53 Å². The Hall–Kier alpha value is -0.570. The third-order valence-electron chi connectivity index (χ3n) is 4.18. The van der Waals surface area contributed by atoms with Crippen molar-refractivity contribution in [2.24, 2.45) is 17.8 Å². The van der Waals surface area contributed by atoms with Gasteiger partial charge >= 0.3 is 0 Å². The summed E-state index contributed by atoms with van der Waals surface area (Å²) in [6.07, 6.45) is 7.15. The number of carbonyl (C=O) groups excluding carboxylic acids is 1. The summed E-state index contributed by atoms with van der Waals surface area (Å²) in [7, 11) is 1.69. The van der Waals surface area contributed by atoms with Gasteiger partial charge in [0.1, 0.15) is 0 Å². The number of carbonyl (C=O) groups is 1. The van der Waals surface area contributed by atoms with Gasteiger partial charge in [-0.05, 0) is 43.4 Å². The molecule has 0 unspecified atom stereocenters. The van der Waals surface area contributed by atoms with Crippen LogP contribution in [-0.4, -0.2) is 26.2 Å². The van der Waals surface area contributed by atoms with Crippen LogP contribution in [0.25, 0.3) is 0 Å². The molecule has 0 heterocycles. The summed E-state index contributed by atoms with van der Waals surface area (Å²) in [6.45, 7) is 1.49. The van der Waals surface area contributed by atoms with E-state index in [9.17, 15) is 4.79 Å². The Morgan fingerprint density at radius 3 is 2.88 bits per heavy atom. The summed E-state index contributed by atoms with van der Waals surface area (Å²) >= 11 is 0. The standard InChI is InChI=1S/C13H23NO2/c1-16-6-2-5-14-13(15)9-12-8-10-3-4-11(12)7-10/h10-12H,2-9H2,1H3,(H,14,15)/t10-,11-,12-/m0/s1. The lowest BCUT2D eigenvalue weighted by molar-refractivity contribution is -0.122. The quantitative estimate of drug-likeness (QED) is 0.702. The van der Waals surface area contributed by atoms with E-state index in [4.69, 9.17) is 4.74 Å². The molecule has 0 saturated heterocycles. The highest BCUT2D eigenvalue weighted by atomic mass is 16.5. The molecule has 2 bridgehead atoms. The zero-order valence-electron chi connectivity index (χ0n) is 10.2. The van der Waals surface area contributed by atoms with Gasteiger partial charge in [-0.3, -0.25) is 4.79 Å². The molecule has 0 aromatic carbocycles. The van der Waals surface area contributed by atoms with Crippen molar-refractivity contribution in [2.75, 3.05) is 20.3 Å². The summed E-state index contributed by atoms with van der Waals surface area (Å²) in [5.41, 5.74) is 0. The number of rotatable bonds is 6. The number of fused-ring (bicyclic) bond motifs is 2. The molecule has 16 heavy (non-hydrogen) atoms. The third-order valence-corrected chi connectivity index (χ3v) is 4.18. The topological polar surface area (TPSA) is 38.3 Å². The molecule has 3 nitrogen and oxygen atoms in total. The molecular weight excluding hydrogens is 202 g/mol. The van der Waals surface area contributed by atoms with Gasteiger partial charge in [-0.2, -0.15) is 0 Å². The molecule has 1 amide bonds. The molecule has 3 heteroatoms. The van der Waals surface area contributed by atoms with E-state index in [-0.39, 0.29) is 5.91 Å². The normalized spacial score (nSPS) is 31.9. The Kier molecular flexibility index (Phi) is 4.22. The van der Waals surface area contributed by atoms with E-state index >= 15 is 0 Å². The molecule has 0 aliphatic heterocycles. The van der Waals surface area contributed by atoms with Crippen LogP contribution in [0.1, 0.15) is 38.5 Å². The van der Waals surface area contributed by atoms with Crippen LogP contribution >= 0.6 is 0 Å². The van der Waals surface area contributed by atoms with Gasteiger partial charge < -0.3 is 10.1 Å². The lowest BCUT2D eigenvalue weighted by atomic mass is 9.86. The molecule has 0 spiro atoms. The Morgan fingerprint density at radius 1 is 1.38 bits per heavy atom. The number of hydrogen-bond acceptors (Lipinski definition) is 2. The molecule has 2 fully saturated rings. The Balaban J connectivity index is 1.60. The van der Waals surface area contributed by atoms with E-state index in [1.54, 1.807) is 7.11 Å². The van der Waals surface area contributed by atoms with Crippen LogP contribution in [0.5, 0.6) is 0 Å². The van der Waals surface area contributed by atoms with Gasteiger partial charge in [0.05, 0.1) is 0 Å². The third kappa shape index (κ3) is 2.97. The van der Waals surface area contributed by atoms with Crippen LogP contribution < -0.4 is 5.32 Å². The molecular formula is C13H23NO2. The number of hydrogen-bond donors (Lipinski definition) is 1. The van der Waals surface area contributed by atoms with Crippen LogP contribution in [0.3, 0.4) is 0 Å². The maximum absolute atomic E-state index is 11.7. The molecule has 3 atom stereocenters. The molecule has 2 rings (SSSR count). The van der Waals surface area contributed by atoms with E-state index in [0.29, 0.717) is 5.92 Å². The second kappa shape index (κ2) is 5.67. The Labute approximate surface area is 97.9 Å². The molecule has 1 N–H and O–H groups in total. The maximum Gasteiger partial charge on any atom is 0.220 e. The second-order valence-electron chi connectivity index (χ2n) is 5.34. The largest absolute Gasteiger partial charge is 0.385 e. The van der Waals surface area contributed by atoms with Crippen molar-refractivity contribution in [3.63, 3.8) is 0 Å². The summed E-state index contributed by atoms with van der Waals surface area (Å²) in [5, 5.41) is 2.98. The minimum absolute atomic E-state index is 0.244. The van der Waals surface area contributed by atoms with E-state index in [0.717, 1.165) is 37.8 Å². The lowest BCUT2D eigenvalue weighted by Crippen LogP contribution is -2.28. The SMILES string of the molecule is COCCCNC(=O)C[C@@H]1C[C@H]2CC[C@H]1C2. The van der Waals surface area contributed by atoms with Gasteiger partial charge in [0.25, 0.3) is 0 Å². The zero-order valence-corrected chi connectivity index (χ0v) is 10.2. The summed E-state index contributed by atoms with van der Waals surface area (Å²) in [5.74, 6) is 2.72. The predicted octanol–water partition coefficient (Wildman–Crippen LogP) is 1.97. The van der Waals surface area contributed by atoms with Gasteiger partial charge in [-0.15, -0.1) is 0 Å². The van der Waals surface area contributed by atoms with Crippen LogP contribution in [0, 0.1) is 17.8 Å². The Morgan fingerprint density at radius 2 is 2.25 bits per heavy atom. The first kappa shape index (κ1) is 11.9. The van der Waals surface area contributed by atoms with Crippen LogP contribution in [0.4, 0.5) is 0 Å². The second-order valence-corrected chi connectivity index (χ2v) is 5.34. The average Bonchev–Trinajstić information content (AvgIpc) is 2.86. The fourth-order valence-electron chi connectivity index (χ4n) is 3.38. The minimum atomic E-state index is 0.244. The van der Waals surface area contributed by atoms with Gasteiger partial charge in [-0.25, -0.2) is 0 Å². The fraction of sp³-hybridized carbons (Fsp3) is 0.923. The van der Waals surface area contributed by atoms with Gasteiger partial charge in [-0.1, -0.05) is 6.42 Å².